The van der Waals surface area contributed by atoms with Crippen LogP contribution >= 0.6 is 12.2 Å². The van der Waals surface area contributed by atoms with Crippen molar-refractivity contribution in [2.45, 2.75) is 0 Å². The van der Waals surface area contributed by atoms with E-state index in [1.165, 1.54) is 0 Å². The molecule has 11 heavy (non-hydrogen) atoms. The van der Waals surface area contributed by atoms with Gasteiger partial charge in [0, 0.05) is 18.3 Å². The number of aromatic amines is 1. The van der Waals surface area contributed by atoms with Crippen LogP contribution in [0.15, 0.2) is 25.0 Å². The van der Waals surface area contributed by atoms with Crippen molar-refractivity contribution in [3.05, 3.63) is 30.6 Å². The van der Waals surface area contributed by atoms with Crippen LogP contribution in [0.4, 0.5) is 0 Å². The Balaban J connectivity index is 2.49. The summed E-state index contributed by atoms with van der Waals surface area (Å²) in [6.45, 7) is 4.25. The van der Waals surface area contributed by atoms with Crippen molar-refractivity contribution in [1.82, 2.24) is 15.5 Å². The third kappa shape index (κ3) is 2.16. The molecule has 58 valence electrons. The highest BCUT2D eigenvalue weighted by Crippen LogP contribution is 1.93. The summed E-state index contributed by atoms with van der Waals surface area (Å²) in [7, 11) is 0. The zero-order valence-corrected chi connectivity index (χ0v) is 6.82. The Labute approximate surface area is 70.5 Å². The molecule has 0 fully saturated rings. The SMILES string of the molecule is C=CCNC(=S)c1cn[nH]c1. The molecule has 0 radical (unpaired) electrons. The summed E-state index contributed by atoms with van der Waals surface area (Å²) in [4.78, 5) is 0.693. The molecule has 0 aliphatic heterocycles. The Morgan fingerprint density at radius 1 is 1.91 bits per heavy atom. The van der Waals surface area contributed by atoms with Crippen molar-refractivity contribution in [3.8, 4) is 0 Å². The molecule has 3 nitrogen and oxygen atoms in total. The molecule has 0 saturated carbocycles. The van der Waals surface area contributed by atoms with E-state index in [1.807, 2.05) is 0 Å². The Morgan fingerprint density at radius 2 is 2.73 bits per heavy atom. The molecule has 1 aromatic heterocycles. The lowest BCUT2D eigenvalue weighted by Crippen LogP contribution is -2.21. The number of aromatic nitrogens is 2. The fraction of sp³-hybridized carbons (Fsp3) is 0.143. The fourth-order valence-electron chi connectivity index (χ4n) is 0.642. The molecule has 0 aromatic carbocycles. The van der Waals surface area contributed by atoms with Gasteiger partial charge in [0.05, 0.1) is 6.20 Å². The van der Waals surface area contributed by atoms with Gasteiger partial charge in [-0.25, -0.2) is 0 Å². The molecule has 0 spiro atoms. The van der Waals surface area contributed by atoms with E-state index in [4.69, 9.17) is 12.2 Å². The summed E-state index contributed by atoms with van der Waals surface area (Å²) in [5, 5.41) is 9.44. The molecular weight excluding hydrogens is 158 g/mol. The van der Waals surface area contributed by atoms with E-state index in [1.54, 1.807) is 18.5 Å². The van der Waals surface area contributed by atoms with Gasteiger partial charge in [-0.3, -0.25) is 5.10 Å². The van der Waals surface area contributed by atoms with E-state index in [0.717, 1.165) is 5.56 Å². The fourth-order valence-corrected chi connectivity index (χ4v) is 0.837. The van der Waals surface area contributed by atoms with E-state index >= 15 is 0 Å². The van der Waals surface area contributed by atoms with Gasteiger partial charge in [-0.05, 0) is 0 Å². The first-order chi connectivity index (χ1) is 5.34. The van der Waals surface area contributed by atoms with Crippen molar-refractivity contribution in [3.63, 3.8) is 0 Å². The topological polar surface area (TPSA) is 40.7 Å². The molecule has 0 amide bonds. The molecule has 2 N–H and O–H groups in total. The van der Waals surface area contributed by atoms with Crippen LogP contribution in [0.25, 0.3) is 0 Å². The summed E-state index contributed by atoms with van der Waals surface area (Å²) in [6, 6.07) is 0. The lowest BCUT2D eigenvalue weighted by molar-refractivity contribution is 1.07. The second-order valence-electron chi connectivity index (χ2n) is 1.99. The van der Waals surface area contributed by atoms with Crippen LogP contribution in [-0.2, 0) is 0 Å². The highest BCUT2D eigenvalue weighted by Gasteiger charge is 1.98. The first-order valence-corrected chi connectivity index (χ1v) is 3.63. The van der Waals surface area contributed by atoms with Crippen molar-refractivity contribution in [1.29, 1.82) is 0 Å². The Hall–Kier alpha value is -1.16. The maximum Gasteiger partial charge on any atom is 0.110 e. The minimum absolute atomic E-state index is 0.685. The van der Waals surface area contributed by atoms with Crippen molar-refractivity contribution in [2.75, 3.05) is 6.54 Å². The number of nitrogens with one attached hydrogen (secondary N) is 2. The van der Waals surface area contributed by atoms with Crippen LogP contribution in [0.5, 0.6) is 0 Å². The summed E-state index contributed by atoms with van der Waals surface area (Å²) in [5.41, 5.74) is 0.904. The summed E-state index contributed by atoms with van der Waals surface area (Å²) >= 11 is 5.02. The molecule has 0 atom stereocenters. The van der Waals surface area contributed by atoms with Crippen molar-refractivity contribution in [2.24, 2.45) is 0 Å². The Morgan fingerprint density at radius 3 is 3.27 bits per heavy atom. The van der Waals surface area contributed by atoms with Crippen LogP contribution in [0.2, 0.25) is 0 Å². The quantitative estimate of drug-likeness (QED) is 0.518. The molecule has 1 heterocycles. The third-order valence-electron chi connectivity index (χ3n) is 1.17. The van der Waals surface area contributed by atoms with Crippen LogP contribution in [-0.4, -0.2) is 21.7 Å². The van der Waals surface area contributed by atoms with E-state index in [9.17, 15) is 0 Å². The summed E-state index contributed by atoms with van der Waals surface area (Å²) in [5.74, 6) is 0. The van der Waals surface area contributed by atoms with E-state index in [2.05, 4.69) is 22.1 Å². The second-order valence-corrected chi connectivity index (χ2v) is 2.39. The number of H-pyrrole nitrogens is 1. The smallest absolute Gasteiger partial charge is 0.110 e. The zero-order chi connectivity index (χ0) is 8.10. The largest absolute Gasteiger partial charge is 0.372 e. The molecule has 0 aliphatic rings. The van der Waals surface area contributed by atoms with Gasteiger partial charge in [-0.15, -0.1) is 6.58 Å². The predicted octanol–water partition coefficient (Wildman–Crippen LogP) is 0.861. The van der Waals surface area contributed by atoms with E-state index < -0.39 is 0 Å². The number of thiocarbonyl (C=S) groups is 1. The molecule has 4 heteroatoms. The summed E-state index contributed by atoms with van der Waals surface area (Å²) in [6.07, 6.45) is 5.18. The van der Waals surface area contributed by atoms with Crippen LogP contribution in [0.1, 0.15) is 5.56 Å². The van der Waals surface area contributed by atoms with Gasteiger partial charge < -0.3 is 5.32 Å². The Bertz CT molecular complexity index is 240. The lowest BCUT2D eigenvalue weighted by Gasteiger charge is -2.00. The highest BCUT2D eigenvalue weighted by atomic mass is 32.1. The first kappa shape index (κ1) is 7.94. The van der Waals surface area contributed by atoms with E-state index in [-0.39, 0.29) is 0 Å². The third-order valence-corrected chi connectivity index (χ3v) is 1.55. The minimum Gasteiger partial charge on any atom is -0.372 e. The van der Waals surface area contributed by atoms with Crippen LogP contribution < -0.4 is 5.32 Å². The van der Waals surface area contributed by atoms with Gasteiger partial charge in [0.25, 0.3) is 0 Å². The average molecular weight is 167 g/mol. The van der Waals surface area contributed by atoms with E-state index in [0.29, 0.717) is 11.5 Å². The van der Waals surface area contributed by atoms with Gasteiger partial charge in [0.15, 0.2) is 0 Å². The predicted molar refractivity (Wildman–Crippen MR) is 48.5 cm³/mol. The monoisotopic (exact) mass is 167 g/mol. The molecule has 0 saturated heterocycles. The van der Waals surface area contributed by atoms with Crippen molar-refractivity contribution >= 4 is 17.2 Å². The van der Waals surface area contributed by atoms with Gasteiger partial charge >= 0.3 is 0 Å². The van der Waals surface area contributed by atoms with Crippen LogP contribution in [0.3, 0.4) is 0 Å². The van der Waals surface area contributed by atoms with Gasteiger partial charge in [0.1, 0.15) is 4.99 Å². The molecule has 1 rings (SSSR count). The number of hydrogen-bond acceptors (Lipinski definition) is 2. The molecule has 0 aliphatic carbocycles. The maximum absolute atomic E-state index is 5.02. The Kier molecular flexibility index (Phi) is 2.80. The maximum atomic E-state index is 5.02. The number of nitrogens with zero attached hydrogens (tertiary/aromatic N) is 1. The van der Waals surface area contributed by atoms with Gasteiger partial charge in [-0.2, -0.15) is 5.10 Å². The molecule has 0 unspecified atom stereocenters. The van der Waals surface area contributed by atoms with Gasteiger partial charge in [-0.1, -0.05) is 18.3 Å². The first-order valence-electron chi connectivity index (χ1n) is 3.22. The van der Waals surface area contributed by atoms with Crippen LogP contribution in [0, 0.1) is 0 Å². The normalized spacial score (nSPS) is 9.09. The summed E-state index contributed by atoms with van der Waals surface area (Å²) < 4.78 is 0. The average Bonchev–Trinajstić information content (AvgIpc) is 2.52. The number of hydrogen-bond donors (Lipinski definition) is 2. The molecule has 1 aromatic rings. The zero-order valence-electron chi connectivity index (χ0n) is 6.00. The lowest BCUT2D eigenvalue weighted by atomic mass is 10.3. The van der Waals surface area contributed by atoms with Gasteiger partial charge in [0.2, 0.25) is 0 Å². The highest BCUT2D eigenvalue weighted by molar-refractivity contribution is 7.80. The van der Waals surface area contributed by atoms with Crippen molar-refractivity contribution < 1.29 is 0 Å². The molecule has 0 bridgehead atoms. The standard InChI is InChI=1S/C7H9N3S/c1-2-3-8-7(11)6-4-9-10-5-6/h2,4-5H,1,3H2,(H,8,11)(H,9,10). The molecular formula is C7H9N3S. The second kappa shape index (κ2) is 3.88. The number of rotatable bonds is 3. The minimum atomic E-state index is 0.685.